The lowest BCUT2D eigenvalue weighted by atomic mass is 10.1. The molecule has 4 aromatic carbocycles. The Morgan fingerprint density at radius 2 is 1.59 bits per heavy atom. The summed E-state index contributed by atoms with van der Waals surface area (Å²) in [5, 5.41) is 2.61. The molecule has 5 rings (SSSR count). The number of hydrogen-bond donors (Lipinski definition) is 0. The molecule has 0 radical (unpaired) electrons. The molecule has 1 aliphatic heterocycles. The zero-order valence-corrected chi connectivity index (χ0v) is 19.7. The minimum atomic E-state index is -0.276. The van der Waals surface area contributed by atoms with Crippen molar-refractivity contribution in [1.29, 1.82) is 0 Å². The zero-order valence-electron chi connectivity index (χ0n) is 18.1. The van der Waals surface area contributed by atoms with Gasteiger partial charge in [0.2, 0.25) is 0 Å². The van der Waals surface area contributed by atoms with Crippen molar-refractivity contribution in [2.75, 3.05) is 0 Å². The van der Waals surface area contributed by atoms with Gasteiger partial charge in [-0.3, -0.25) is 14.5 Å². The van der Waals surface area contributed by atoms with Gasteiger partial charge in [-0.05, 0) is 64.0 Å². The number of benzene rings is 4. The fourth-order valence-corrected chi connectivity index (χ4v) is 4.77. The van der Waals surface area contributed by atoms with Gasteiger partial charge in [0.15, 0.2) is 0 Å². The highest BCUT2D eigenvalue weighted by atomic mass is 35.5. The average Bonchev–Trinajstić information content (AvgIpc) is 3.11. The number of carbonyl (C=O) groups excluding carboxylic acids is 2. The summed E-state index contributed by atoms with van der Waals surface area (Å²) in [6, 6.07) is 28.9. The average molecular weight is 486 g/mol. The van der Waals surface area contributed by atoms with Gasteiger partial charge < -0.3 is 4.74 Å². The van der Waals surface area contributed by atoms with Gasteiger partial charge in [-0.25, -0.2) is 0 Å². The molecule has 6 heteroatoms. The Balaban J connectivity index is 1.26. The van der Waals surface area contributed by atoms with Crippen molar-refractivity contribution < 1.29 is 14.3 Å². The molecule has 1 heterocycles. The summed E-state index contributed by atoms with van der Waals surface area (Å²) in [6.07, 6.45) is 1.74. The highest BCUT2D eigenvalue weighted by molar-refractivity contribution is 8.18. The summed E-state index contributed by atoms with van der Waals surface area (Å²) in [4.78, 5) is 27.2. The third-order valence-electron chi connectivity index (χ3n) is 5.56. The maximum absolute atomic E-state index is 12.9. The van der Waals surface area contributed by atoms with Crippen molar-refractivity contribution in [3.05, 3.63) is 118 Å². The quantitative estimate of drug-likeness (QED) is 0.269. The van der Waals surface area contributed by atoms with Gasteiger partial charge >= 0.3 is 0 Å². The Morgan fingerprint density at radius 3 is 2.38 bits per heavy atom. The summed E-state index contributed by atoms with van der Waals surface area (Å²) >= 11 is 7.14. The topological polar surface area (TPSA) is 46.6 Å². The number of halogens is 1. The largest absolute Gasteiger partial charge is 0.489 e. The molecule has 2 amide bonds. The fourth-order valence-electron chi connectivity index (χ4n) is 3.74. The molecule has 0 atom stereocenters. The second-order valence-corrected chi connectivity index (χ2v) is 9.30. The first-order chi connectivity index (χ1) is 16.6. The second-order valence-electron chi connectivity index (χ2n) is 7.90. The number of imide groups is 1. The normalized spacial score (nSPS) is 14.9. The molecule has 0 unspecified atom stereocenters. The molecule has 1 saturated heterocycles. The van der Waals surface area contributed by atoms with Crippen LogP contribution in [0.15, 0.2) is 95.9 Å². The number of nitrogens with zero attached hydrogens (tertiary/aromatic N) is 1. The minimum Gasteiger partial charge on any atom is -0.489 e. The number of rotatable bonds is 6. The lowest BCUT2D eigenvalue weighted by Gasteiger charge is -2.13. The van der Waals surface area contributed by atoms with Gasteiger partial charge in [0.05, 0.1) is 11.4 Å². The summed E-state index contributed by atoms with van der Waals surface area (Å²) < 4.78 is 5.81. The number of carbonyl (C=O) groups is 2. The first kappa shape index (κ1) is 22.3. The number of hydrogen-bond acceptors (Lipinski definition) is 4. The third kappa shape index (κ3) is 4.86. The number of thioether (sulfide) groups is 1. The summed E-state index contributed by atoms with van der Waals surface area (Å²) in [6.45, 7) is 0.619. The van der Waals surface area contributed by atoms with Crippen LogP contribution in [0.4, 0.5) is 4.79 Å². The molecular formula is C28H20ClNO3S. The fraction of sp³-hybridized carbons (Fsp3) is 0.0714. The van der Waals surface area contributed by atoms with E-state index < -0.39 is 0 Å². The van der Waals surface area contributed by atoms with Gasteiger partial charge in [-0.2, -0.15) is 0 Å². The second kappa shape index (κ2) is 9.75. The van der Waals surface area contributed by atoms with Crippen LogP contribution in [0.1, 0.15) is 16.7 Å². The standard InChI is InChI=1S/C28H20ClNO3S/c29-25-8-4-3-7-23(25)18-33-24-13-10-19(11-14-24)16-26-27(31)30(28(32)34-26)17-20-9-12-21-5-1-2-6-22(21)15-20/h1-16H,17-18H2/b26-16-. The minimum absolute atomic E-state index is 0.252. The Bertz CT molecular complexity index is 1410. The monoisotopic (exact) mass is 485 g/mol. The van der Waals surface area contributed by atoms with Crippen molar-refractivity contribution >= 4 is 51.4 Å². The molecule has 1 aliphatic rings. The van der Waals surface area contributed by atoms with E-state index in [0.29, 0.717) is 22.3 Å². The molecule has 0 aliphatic carbocycles. The predicted molar refractivity (Wildman–Crippen MR) is 138 cm³/mol. The van der Waals surface area contributed by atoms with Crippen molar-refractivity contribution in [3.8, 4) is 5.75 Å². The molecular weight excluding hydrogens is 466 g/mol. The van der Waals surface area contributed by atoms with Crippen LogP contribution in [-0.2, 0) is 17.9 Å². The first-order valence-electron chi connectivity index (χ1n) is 10.8. The molecule has 0 aromatic heterocycles. The maximum atomic E-state index is 12.9. The van der Waals surface area contributed by atoms with Gasteiger partial charge in [0.1, 0.15) is 12.4 Å². The number of fused-ring (bicyclic) bond motifs is 1. The van der Waals surface area contributed by atoms with Crippen molar-refractivity contribution in [3.63, 3.8) is 0 Å². The summed E-state index contributed by atoms with van der Waals surface area (Å²) in [5.41, 5.74) is 2.65. The van der Waals surface area contributed by atoms with E-state index in [4.69, 9.17) is 16.3 Å². The van der Waals surface area contributed by atoms with E-state index in [9.17, 15) is 9.59 Å². The molecule has 0 saturated carbocycles. The van der Waals surface area contributed by atoms with Crippen LogP contribution >= 0.6 is 23.4 Å². The molecule has 0 N–H and O–H groups in total. The Hall–Kier alpha value is -3.54. The van der Waals surface area contributed by atoms with Crippen LogP contribution in [0.25, 0.3) is 16.8 Å². The Kier molecular flexibility index (Phi) is 6.39. The Morgan fingerprint density at radius 1 is 0.853 bits per heavy atom. The molecule has 168 valence electrons. The zero-order chi connectivity index (χ0) is 23.5. The summed E-state index contributed by atoms with van der Waals surface area (Å²) in [5.74, 6) is 0.420. The number of amides is 2. The third-order valence-corrected chi connectivity index (χ3v) is 6.83. The predicted octanol–water partition coefficient (Wildman–Crippen LogP) is 7.31. The van der Waals surface area contributed by atoms with Crippen LogP contribution < -0.4 is 4.74 Å². The lowest BCUT2D eigenvalue weighted by molar-refractivity contribution is -0.123. The van der Waals surface area contributed by atoms with Gasteiger partial charge in [0.25, 0.3) is 11.1 Å². The SMILES string of the molecule is O=C1S/C(=C\c2ccc(OCc3ccccc3Cl)cc2)C(=O)N1Cc1ccc2ccccc2c1. The van der Waals surface area contributed by atoms with Crippen LogP contribution in [0.2, 0.25) is 5.02 Å². The molecule has 4 nitrogen and oxygen atoms in total. The lowest BCUT2D eigenvalue weighted by Crippen LogP contribution is -2.27. The Labute approximate surface area is 206 Å². The van der Waals surface area contributed by atoms with E-state index in [1.807, 2.05) is 91.0 Å². The molecule has 34 heavy (non-hydrogen) atoms. The molecule has 4 aromatic rings. The molecule has 0 bridgehead atoms. The summed E-state index contributed by atoms with van der Waals surface area (Å²) in [7, 11) is 0. The van der Waals surface area contributed by atoms with Crippen LogP contribution in [0.3, 0.4) is 0 Å². The van der Waals surface area contributed by atoms with E-state index in [1.54, 1.807) is 6.08 Å². The van der Waals surface area contributed by atoms with Crippen molar-refractivity contribution in [1.82, 2.24) is 4.90 Å². The van der Waals surface area contributed by atoms with Crippen LogP contribution in [0, 0.1) is 0 Å². The van der Waals surface area contributed by atoms with Gasteiger partial charge in [-0.15, -0.1) is 0 Å². The molecule has 1 fully saturated rings. The number of ether oxygens (including phenoxy) is 1. The molecule has 0 spiro atoms. The smallest absolute Gasteiger partial charge is 0.293 e. The van der Waals surface area contributed by atoms with E-state index >= 15 is 0 Å². The van der Waals surface area contributed by atoms with Gasteiger partial charge in [-0.1, -0.05) is 78.3 Å². The van der Waals surface area contributed by atoms with Gasteiger partial charge in [0, 0.05) is 10.6 Å². The maximum Gasteiger partial charge on any atom is 0.293 e. The van der Waals surface area contributed by atoms with E-state index in [1.165, 1.54) is 4.90 Å². The van der Waals surface area contributed by atoms with E-state index in [0.717, 1.165) is 39.2 Å². The van der Waals surface area contributed by atoms with Crippen LogP contribution in [-0.4, -0.2) is 16.0 Å². The highest BCUT2D eigenvalue weighted by Crippen LogP contribution is 2.34. The van der Waals surface area contributed by atoms with E-state index in [-0.39, 0.29) is 17.7 Å². The van der Waals surface area contributed by atoms with Crippen molar-refractivity contribution in [2.45, 2.75) is 13.2 Å². The first-order valence-corrected chi connectivity index (χ1v) is 12.0. The van der Waals surface area contributed by atoms with Crippen LogP contribution in [0.5, 0.6) is 5.75 Å². The van der Waals surface area contributed by atoms with Crippen molar-refractivity contribution in [2.24, 2.45) is 0 Å². The highest BCUT2D eigenvalue weighted by Gasteiger charge is 2.35. The van der Waals surface area contributed by atoms with E-state index in [2.05, 4.69) is 0 Å².